The molecule has 1 aliphatic rings. The summed E-state index contributed by atoms with van der Waals surface area (Å²) in [6.45, 7) is 9.10. The Morgan fingerprint density at radius 3 is 2.78 bits per heavy atom. The Morgan fingerprint density at radius 2 is 2.11 bits per heavy atom. The number of rotatable bonds is 5. The van der Waals surface area contributed by atoms with E-state index < -0.39 is 0 Å². The molecule has 1 aliphatic heterocycles. The maximum Gasteiger partial charge on any atom is 0.267 e. The normalized spacial score (nSPS) is 16.2. The Morgan fingerprint density at radius 1 is 1.37 bits per heavy atom. The molecule has 2 aromatic rings. The van der Waals surface area contributed by atoms with Crippen molar-refractivity contribution < 1.29 is 4.79 Å². The van der Waals surface area contributed by atoms with Crippen molar-refractivity contribution >= 4 is 51.7 Å². The highest BCUT2D eigenvalue weighted by atomic mass is 32.2. The van der Waals surface area contributed by atoms with Crippen LogP contribution in [0.2, 0.25) is 0 Å². The lowest BCUT2D eigenvalue weighted by Crippen LogP contribution is -2.31. The topological polar surface area (TPSA) is 66.7 Å². The number of hydrogen-bond acceptors (Lipinski definition) is 6. The average molecular weight is 403 g/mol. The highest BCUT2D eigenvalue weighted by Crippen LogP contribution is 2.33. The Labute approximate surface area is 167 Å². The molecule has 2 aromatic heterocycles. The number of nitrogens with one attached hydrogen (secondary N) is 1. The van der Waals surface area contributed by atoms with E-state index in [2.05, 4.69) is 10.3 Å². The summed E-state index contributed by atoms with van der Waals surface area (Å²) >= 11 is 6.58. The molecular weight excluding hydrogens is 380 g/mol. The van der Waals surface area contributed by atoms with Crippen LogP contribution in [0.1, 0.15) is 31.9 Å². The summed E-state index contributed by atoms with van der Waals surface area (Å²) in [5.74, 6) is 0.626. The van der Waals surface area contributed by atoms with Crippen molar-refractivity contribution in [1.29, 1.82) is 0 Å². The highest BCUT2D eigenvalue weighted by molar-refractivity contribution is 8.26. The molecule has 0 unspecified atom stereocenters. The van der Waals surface area contributed by atoms with Crippen LogP contribution in [0.15, 0.2) is 28.0 Å². The second kappa shape index (κ2) is 7.82. The summed E-state index contributed by atoms with van der Waals surface area (Å²) in [6, 6.07) is 3.72. The number of nitrogens with zero attached hydrogens (tertiary/aromatic N) is 3. The van der Waals surface area contributed by atoms with E-state index in [1.54, 1.807) is 17.2 Å². The van der Waals surface area contributed by atoms with Crippen LogP contribution in [0, 0.1) is 12.8 Å². The molecule has 142 valence electrons. The van der Waals surface area contributed by atoms with Crippen LogP contribution in [-0.2, 0) is 4.79 Å². The van der Waals surface area contributed by atoms with E-state index in [9.17, 15) is 9.59 Å². The molecule has 3 heterocycles. The van der Waals surface area contributed by atoms with Crippen LogP contribution in [0.5, 0.6) is 0 Å². The van der Waals surface area contributed by atoms with E-state index >= 15 is 0 Å². The van der Waals surface area contributed by atoms with Crippen molar-refractivity contribution in [2.24, 2.45) is 5.92 Å². The minimum atomic E-state index is -0.214. The second-order valence-corrected chi connectivity index (χ2v) is 8.46. The first-order valence-corrected chi connectivity index (χ1v) is 10.1. The number of thiocarbonyl (C=S) groups is 1. The molecule has 1 amide bonds. The second-order valence-electron chi connectivity index (χ2n) is 6.78. The van der Waals surface area contributed by atoms with Crippen LogP contribution in [0.25, 0.3) is 11.7 Å². The molecule has 0 aliphatic carbocycles. The number of carbonyl (C=O) groups excluding carboxylic acids is 1. The van der Waals surface area contributed by atoms with Gasteiger partial charge in [0.1, 0.15) is 15.8 Å². The molecule has 0 aromatic carbocycles. The number of aryl methyl sites for hydroxylation is 1. The summed E-state index contributed by atoms with van der Waals surface area (Å²) < 4.78 is 2.03. The lowest BCUT2D eigenvalue weighted by Gasteiger charge is -2.16. The minimum absolute atomic E-state index is 0.158. The quantitative estimate of drug-likeness (QED) is 0.611. The SMILES string of the molecule is CCNc1nc2c(C)cccn2c(=O)c1C=C1SC(=S)N(CC(C)C)C1=O. The molecule has 1 N–H and O–H groups in total. The molecule has 0 radical (unpaired) electrons. The number of thioether (sulfide) groups is 1. The molecule has 0 saturated carbocycles. The number of amides is 1. The van der Waals surface area contributed by atoms with Crippen LogP contribution in [0.3, 0.4) is 0 Å². The Bertz CT molecular complexity index is 1010. The lowest BCUT2D eigenvalue weighted by molar-refractivity contribution is -0.122. The molecule has 1 fully saturated rings. The van der Waals surface area contributed by atoms with Gasteiger partial charge >= 0.3 is 0 Å². The van der Waals surface area contributed by atoms with Gasteiger partial charge in [0.15, 0.2) is 0 Å². The summed E-state index contributed by atoms with van der Waals surface area (Å²) in [6.07, 6.45) is 3.30. The van der Waals surface area contributed by atoms with Crippen molar-refractivity contribution in [3.8, 4) is 0 Å². The maximum atomic E-state index is 13.1. The third kappa shape index (κ3) is 3.77. The summed E-state index contributed by atoms with van der Waals surface area (Å²) in [7, 11) is 0. The first kappa shape index (κ1) is 19.6. The smallest absolute Gasteiger partial charge is 0.267 e. The van der Waals surface area contributed by atoms with E-state index in [0.717, 1.165) is 5.56 Å². The molecule has 3 rings (SSSR count). The van der Waals surface area contributed by atoms with Gasteiger partial charge < -0.3 is 5.32 Å². The van der Waals surface area contributed by atoms with Crippen LogP contribution < -0.4 is 10.9 Å². The number of hydrogen-bond donors (Lipinski definition) is 1. The highest BCUT2D eigenvalue weighted by Gasteiger charge is 2.32. The maximum absolute atomic E-state index is 13.1. The van der Waals surface area contributed by atoms with Gasteiger partial charge in [0, 0.05) is 19.3 Å². The van der Waals surface area contributed by atoms with Crippen LogP contribution >= 0.6 is 24.0 Å². The fourth-order valence-electron chi connectivity index (χ4n) is 2.90. The number of pyridine rings is 1. The van der Waals surface area contributed by atoms with Gasteiger partial charge in [0.05, 0.1) is 10.5 Å². The zero-order chi connectivity index (χ0) is 19.7. The van der Waals surface area contributed by atoms with Gasteiger partial charge in [-0.2, -0.15) is 0 Å². The molecule has 27 heavy (non-hydrogen) atoms. The number of aromatic nitrogens is 2. The zero-order valence-corrected chi connectivity index (χ0v) is 17.4. The average Bonchev–Trinajstić information content (AvgIpc) is 2.86. The molecule has 8 heteroatoms. The lowest BCUT2D eigenvalue weighted by atomic mass is 10.2. The number of anilines is 1. The van der Waals surface area contributed by atoms with E-state index in [1.165, 1.54) is 16.2 Å². The first-order valence-electron chi connectivity index (χ1n) is 8.84. The van der Waals surface area contributed by atoms with Gasteiger partial charge in [0.25, 0.3) is 11.5 Å². The van der Waals surface area contributed by atoms with Crippen molar-refractivity contribution in [2.45, 2.75) is 27.7 Å². The Balaban J connectivity index is 2.14. The predicted molar refractivity (Wildman–Crippen MR) is 115 cm³/mol. The fraction of sp³-hybridized carbons (Fsp3) is 0.368. The van der Waals surface area contributed by atoms with Crippen molar-refractivity contribution in [3.05, 3.63) is 44.7 Å². The van der Waals surface area contributed by atoms with E-state index in [4.69, 9.17) is 12.2 Å². The molecule has 0 bridgehead atoms. The number of carbonyl (C=O) groups is 1. The first-order chi connectivity index (χ1) is 12.8. The minimum Gasteiger partial charge on any atom is -0.370 e. The molecule has 0 atom stereocenters. The van der Waals surface area contributed by atoms with Gasteiger partial charge in [-0.15, -0.1) is 0 Å². The summed E-state index contributed by atoms with van der Waals surface area (Å²) in [5.41, 5.74) is 1.66. The van der Waals surface area contributed by atoms with Gasteiger partial charge in [-0.05, 0) is 37.5 Å². The fourth-order valence-corrected chi connectivity index (χ4v) is 4.15. The van der Waals surface area contributed by atoms with Gasteiger partial charge in [-0.25, -0.2) is 4.98 Å². The molecule has 6 nitrogen and oxygen atoms in total. The van der Waals surface area contributed by atoms with Crippen molar-refractivity contribution in [3.63, 3.8) is 0 Å². The predicted octanol–water partition coefficient (Wildman–Crippen LogP) is 3.29. The third-order valence-electron chi connectivity index (χ3n) is 4.13. The van der Waals surface area contributed by atoms with Crippen LogP contribution in [0.4, 0.5) is 5.82 Å². The van der Waals surface area contributed by atoms with Crippen molar-refractivity contribution in [1.82, 2.24) is 14.3 Å². The zero-order valence-electron chi connectivity index (χ0n) is 15.8. The van der Waals surface area contributed by atoms with Gasteiger partial charge in [-0.3, -0.25) is 18.9 Å². The summed E-state index contributed by atoms with van der Waals surface area (Å²) in [4.78, 5) is 32.5. The van der Waals surface area contributed by atoms with Gasteiger partial charge in [0.2, 0.25) is 0 Å². The monoisotopic (exact) mass is 402 g/mol. The van der Waals surface area contributed by atoms with E-state index in [1.807, 2.05) is 39.8 Å². The summed E-state index contributed by atoms with van der Waals surface area (Å²) in [5, 5.41) is 3.14. The molecular formula is C19H22N4O2S2. The third-order valence-corrected chi connectivity index (χ3v) is 5.50. The molecule has 0 spiro atoms. The standard InChI is InChI=1S/C19H22N4O2S2/c1-5-20-15-13(17(24)22-8-6-7-12(4)16(22)21-15)9-14-18(25)23(10-11(2)3)19(26)27-14/h6-9,11,20H,5,10H2,1-4H3. The van der Waals surface area contributed by atoms with E-state index in [-0.39, 0.29) is 11.5 Å². The largest absolute Gasteiger partial charge is 0.370 e. The van der Waals surface area contributed by atoms with Gasteiger partial charge in [-0.1, -0.05) is 43.9 Å². The molecule has 1 saturated heterocycles. The Kier molecular flexibility index (Phi) is 5.67. The van der Waals surface area contributed by atoms with Crippen LogP contribution in [-0.4, -0.2) is 37.6 Å². The number of fused-ring (bicyclic) bond motifs is 1. The Hall–Kier alpha value is -2.19. The van der Waals surface area contributed by atoms with Crippen molar-refractivity contribution in [2.75, 3.05) is 18.4 Å². The van der Waals surface area contributed by atoms with E-state index in [0.29, 0.717) is 45.3 Å².